The van der Waals surface area contributed by atoms with Gasteiger partial charge >= 0.3 is 0 Å². The van der Waals surface area contributed by atoms with Gasteiger partial charge in [-0.05, 0) is 212 Å². The number of fused-ring (bicyclic) bond motifs is 12. The summed E-state index contributed by atoms with van der Waals surface area (Å²) in [5.41, 5.74) is 30.5. The first-order chi connectivity index (χ1) is 56.9. The topological polar surface area (TPSA) is 51.4 Å². The highest BCUT2D eigenvalue weighted by Gasteiger charge is 2.20. The first-order valence-corrected chi connectivity index (χ1v) is 39.2. The number of anilines is 5. The van der Waals surface area contributed by atoms with Gasteiger partial charge in [0.15, 0.2) is 0 Å². The van der Waals surface area contributed by atoms with Crippen molar-refractivity contribution in [1.82, 2.24) is 9.13 Å². The van der Waals surface area contributed by atoms with Crippen LogP contribution in [-0.2, 0) is 0 Å². The molecule has 6 nitrogen and oxygen atoms in total. The van der Waals surface area contributed by atoms with Crippen molar-refractivity contribution in [3.8, 4) is 78.1 Å². The van der Waals surface area contributed by atoms with Crippen LogP contribution in [0.2, 0.25) is 5.02 Å². The summed E-state index contributed by atoms with van der Waals surface area (Å²) in [4.78, 5) is 2.33. The minimum Gasteiger partial charge on any atom is -0.456 e. The zero-order chi connectivity index (χ0) is 76.5. The van der Waals surface area contributed by atoms with Gasteiger partial charge < -0.3 is 28.2 Å². The van der Waals surface area contributed by atoms with Crippen LogP contribution in [0.15, 0.2) is 446 Å². The number of benzene rings is 18. The van der Waals surface area contributed by atoms with E-state index in [0.717, 1.165) is 99.7 Å². The number of para-hydroxylation sites is 6. The molecule has 115 heavy (non-hydrogen) atoms. The number of furan rings is 2. The van der Waals surface area contributed by atoms with E-state index in [1.54, 1.807) is 0 Å². The van der Waals surface area contributed by atoms with Crippen molar-refractivity contribution in [3.05, 3.63) is 442 Å². The standard InChI is InChI=1S/C54H36N2O.C36H26N2.C18H11ClO/c1-2-11-37(12-3-1)38-21-29-42(30-22-38)55(44-35-27-41(28-36-44)46-16-10-20-53-54(46)49-15-6-9-19-52(49)57-53)43-31-23-39(24-32-43)40-25-33-45(34-26-40)56-50-17-7-4-13-47(50)48-14-5-8-18-51(48)56;1-2-8-26(9-3-1)27-14-20-30(21-15-27)37-31-22-16-28(17-23-31)29-18-24-32(25-19-29)38-35-12-6-4-10-33(35)34-11-5-7-13-36(34)38;19-13-10-8-12(9-11-13)14-5-3-7-17-18(14)15-4-1-2-6-16(15)20-17/h1-36H;1-25,37H;1-11H. The minimum atomic E-state index is 0.748. The zero-order valence-electron chi connectivity index (χ0n) is 62.6. The molecule has 0 aliphatic carbocycles. The lowest BCUT2D eigenvalue weighted by molar-refractivity contribution is 0.668. The molecule has 18 aromatic carbocycles. The molecule has 0 saturated carbocycles. The Kier molecular flexibility index (Phi) is 18.3. The molecule has 0 unspecified atom stereocenters. The van der Waals surface area contributed by atoms with Crippen LogP contribution in [0.3, 0.4) is 0 Å². The van der Waals surface area contributed by atoms with Crippen LogP contribution in [-0.4, -0.2) is 9.13 Å². The van der Waals surface area contributed by atoms with Gasteiger partial charge in [0.25, 0.3) is 0 Å². The smallest absolute Gasteiger partial charge is 0.136 e. The fourth-order valence-electron chi connectivity index (χ4n) is 16.4. The lowest BCUT2D eigenvalue weighted by atomic mass is 9.99. The van der Waals surface area contributed by atoms with Crippen LogP contribution < -0.4 is 10.2 Å². The molecule has 0 bridgehead atoms. The summed E-state index contributed by atoms with van der Waals surface area (Å²) in [5.74, 6) is 0. The number of nitrogens with one attached hydrogen (secondary N) is 1. The second kappa shape index (κ2) is 30.4. The molecule has 22 aromatic rings. The zero-order valence-corrected chi connectivity index (χ0v) is 63.4. The molecule has 4 heterocycles. The SMILES string of the molecule is Clc1ccc(-c2cccc3oc4ccccc4c23)cc1.c1ccc(-c2ccc(N(c3ccc(-c4ccc(-n5c6ccccc6c6ccccc65)cc4)cc3)c3ccc(-c4cccc5oc6ccccc6c45)cc3)cc2)cc1.c1ccc(-c2ccc(Nc3ccc(-c4ccc(-n5c6ccccc6c6ccccc65)cc4)cc3)cc2)cc1. The van der Waals surface area contributed by atoms with Crippen LogP contribution >= 0.6 is 11.6 Å². The number of hydrogen-bond acceptors (Lipinski definition) is 4. The molecule has 0 aliphatic heterocycles. The Bertz CT molecular complexity index is 7130. The predicted molar refractivity (Wildman–Crippen MR) is 485 cm³/mol. The highest BCUT2D eigenvalue weighted by Crippen LogP contribution is 2.43. The Balaban J connectivity index is 0.000000126. The summed E-state index contributed by atoms with van der Waals surface area (Å²) in [6.07, 6.45) is 0. The second-order valence-electron chi connectivity index (χ2n) is 28.9. The van der Waals surface area contributed by atoms with E-state index in [-0.39, 0.29) is 0 Å². The Morgan fingerprint density at radius 3 is 0.817 bits per heavy atom. The van der Waals surface area contributed by atoms with Gasteiger partial charge in [0, 0.05) is 87.9 Å². The van der Waals surface area contributed by atoms with Gasteiger partial charge in [-0.25, -0.2) is 0 Å². The summed E-state index contributed by atoms with van der Waals surface area (Å²) in [6.45, 7) is 0. The summed E-state index contributed by atoms with van der Waals surface area (Å²) in [5, 5.41) is 14.0. The molecule has 4 aromatic heterocycles. The molecule has 0 radical (unpaired) electrons. The number of aromatic nitrogens is 2. The molecule has 0 saturated heterocycles. The molecular formula is C108H73ClN4O2. The first kappa shape index (κ1) is 69.3. The van der Waals surface area contributed by atoms with Gasteiger partial charge in [-0.2, -0.15) is 0 Å². The second-order valence-corrected chi connectivity index (χ2v) is 29.3. The fourth-order valence-corrected chi connectivity index (χ4v) is 16.6. The Morgan fingerprint density at radius 1 is 0.209 bits per heavy atom. The number of hydrogen-bond donors (Lipinski definition) is 1. The van der Waals surface area contributed by atoms with Gasteiger partial charge in [0.1, 0.15) is 22.3 Å². The third-order valence-corrected chi connectivity index (χ3v) is 22.3. The van der Waals surface area contributed by atoms with E-state index in [2.05, 4.69) is 383 Å². The Hall–Kier alpha value is -15.0. The van der Waals surface area contributed by atoms with Gasteiger partial charge in [-0.15, -0.1) is 0 Å². The molecule has 1 N–H and O–H groups in total. The van der Waals surface area contributed by atoms with E-state index in [0.29, 0.717) is 0 Å². The van der Waals surface area contributed by atoms with E-state index in [9.17, 15) is 0 Å². The summed E-state index contributed by atoms with van der Waals surface area (Å²) >= 11 is 5.97. The fraction of sp³-hybridized carbons (Fsp3) is 0. The highest BCUT2D eigenvalue weighted by molar-refractivity contribution is 6.30. The number of rotatable bonds is 13. The molecule has 0 aliphatic rings. The lowest BCUT2D eigenvalue weighted by Gasteiger charge is -2.26. The van der Waals surface area contributed by atoms with Crippen LogP contribution in [0.25, 0.3) is 166 Å². The monoisotopic (exact) mass is 1490 g/mol. The van der Waals surface area contributed by atoms with Crippen molar-refractivity contribution in [2.75, 3.05) is 10.2 Å². The maximum atomic E-state index is 6.22. The van der Waals surface area contributed by atoms with Crippen molar-refractivity contribution >= 4 is 128 Å². The van der Waals surface area contributed by atoms with Crippen molar-refractivity contribution in [2.24, 2.45) is 0 Å². The summed E-state index contributed by atoms with van der Waals surface area (Å²) in [7, 11) is 0. The maximum absolute atomic E-state index is 6.22. The minimum absolute atomic E-state index is 0.748. The van der Waals surface area contributed by atoms with Gasteiger partial charge in [-0.3, -0.25) is 0 Å². The number of nitrogens with zero attached hydrogens (tertiary/aromatic N) is 3. The molecule has 544 valence electrons. The summed E-state index contributed by atoms with van der Waals surface area (Å²) < 4.78 is 16.8. The molecule has 0 atom stereocenters. The van der Waals surface area contributed by atoms with Crippen molar-refractivity contribution < 1.29 is 8.83 Å². The van der Waals surface area contributed by atoms with Gasteiger partial charge in [-0.1, -0.05) is 303 Å². The lowest BCUT2D eigenvalue weighted by Crippen LogP contribution is -2.09. The van der Waals surface area contributed by atoms with E-state index in [1.165, 1.54) is 99.4 Å². The number of halogens is 1. The molecule has 22 rings (SSSR count). The molecule has 0 amide bonds. The van der Waals surface area contributed by atoms with Gasteiger partial charge in [0.2, 0.25) is 0 Å². The highest BCUT2D eigenvalue weighted by atomic mass is 35.5. The largest absolute Gasteiger partial charge is 0.456 e. The molecule has 0 spiro atoms. The Labute approximate surface area is 671 Å². The van der Waals surface area contributed by atoms with Crippen molar-refractivity contribution in [2.45, 2.75) is 0 Å². The van der Waals surface area contributed by atoms with Crippen LogP contribution in [0.4, 0.5) is 28.4 Å². The van der Waals surface area contributed by atoms with Gasteiger partial charge in [0.05, 0.1) is 22.1 Å². The maximum Gasteiger partial charge on any atom is 0.136 e. The van der Waals surface area contributed by atoms with E-state index in [4.69, 9.17) is 20.4 Å². The molecular weight excluding hydrogens is 1420 g/mol. The average Bonchev–Trinajstić information content (AvgIpc) is 1.67. The third-order valence-electron chi connectivity index (χ3n) is 22.0. The van der Waals surface area contributed by atoms with Crippen molar-refractivity contribution in [3.63, 3.8) is 0 Å². The third kappa shape index (κ3) is 13.5. The van der Waals surface area contributed by atoms with Crippen LogP contribution in [0, 0.1) is 0 Å². The first-order valence-electron chi connectivity index (χ1n) is 38.9. The molecule has 0 fully saturated rings. The summed E-state index contributed by atoms with van der Waals surface area (Å²) in [6, 6.07) is 154. The normalized spacial score (nSPS) is 11.3. The molecule has 7 heteroatoms. The van der Waals surface area contributed by atoms with E-state index < -0.39 is 0 Å². The van der Waals surface area contributed by atoms with E-state index in [1.807, 2.05) is 72.8 Å². The Morgan fingerprint density at radius 2 is 0.470 bits per heavy atom. The van der Waals surface area contributed by atoms with Crippen molar-refractivity contribution in [1.29, 1.82) is 0 Å². The average molecular weight is 1490 g/mol. The predicted octanol–water partition coefficient (Wildman–Crippen LogP) is 30.9. The van der Waals surface area contributed by atoms with Crippen LogP contribution in [0.1, 0.15) is 0 Å². The van der Waals surface area contributed by atoms with E-state index >= 15 is 0 Å². The quantitative estimate of drug-likeness (QED) is 0.125. The van der Waals surface area contributed by atoms with Crippen LogP contribution in [0.5, 0.6) is 0 Å².